The van der Waals surface area contributed by atoms with Crippen molar-refractivity contribution in [2.24, 2.45) is 0 Å². The van der Waals surface area contributed by atoms with Gasteiger partial charge in [0.2, 0.25) is 26.0 Å². The van der Waals surface area contributed by atoms with E-state index in [1.54, 1.807) is 36.4 Å². The Hall–Kier alpha value is -2.83. The van der Waals surface area contributed by atoms with Crippen LogP contribution in [0.1, 0.15) is 19.8 Å². The van der Waals surface area contributed by atoms with Crippen molar-refractivity contribution in [3.63, 3.8) is 0 Å². The lowest BCUT2D eigenvalue weighted by atomic mass is 10.3. The smallest absolute Gasteiger partial charge is 0.243 e. The van der Waals surface area contributed by atoms with E-state index in [0.717, 1.165) is 23.4 Å². The van der Waals surface area contributed by atoms with Crippen molar-refractivity contribution in [1.29, 1.82) is 0 Å². The number of carbonyl (C=O) groups excluding carboxylic acids is 1. The fraction of sp³-hybridized carbons (Fsp3) is 0.435. The van der Waals surface area contributed by atoms with Crippen molar-refractivity contribution >= 4 is 31.6 Å². The number of nitrogens with one attached hydrogen (secondary N) is 1. The molecule has 1 fully saturated rings. The van der Waals surface area contributed by atoms with Crippen molar-refractivity contribution < 1.29 is 31.1 Å². The van der Waals surface area contributed by atoms with E-state index in [2.05, 4.69) is 5.32 Å². The Morgan fingerprint density at radius 2 is 1.51 bits per heavy atom. The van der Waals surface area contributed by atoms with E-state index in [0.29, 0.717) is 36.9 Å². The number of hydrogen-bond acceptors (Lipinski definition) is 7. The van der Waals surface area contributed by atoms with E-state index < -0.39 is 26.0 Å². The van der Waals surface area contributed by atoms with Crippen LogP contribution in [0.25, 0.3) is 0 Å². The van der Waals surface area contributed by atoms with Crippen LogP contribution in [0.3, 0.4) is 0 Å². The van der Waals surface area contributed by atoms with Gasteiger partial charge in [-0.2, -0.15) is 4.31 Å². The van der Waals surface area contributed by atoms with Gasteiger partial charge in [0.1, 0.15) is 24.7 Å². The Morgan fingerprint density at radius 1 is 0.943 bits per heavy atom. The summed E-state index contributed by atoms with van der Waals surface area (Å²) in [6.45, 7) is 3.31. The second-order valence-electron chi connectivity index (χ2n) is 7.98. The van der Waals surface area contributed by atoms with Crippen LogP contribution in [0, 0.1) is 0 Å². The van der Waals surface area contributed by atoms with E-state index in [4.69, 9.17) is 9.47 Å². The summed E-state index contributed by atoms with van der Waals surface area (Å²) in [4.78, 5) is 12.6. The van der Waals surface area contributed by atoms with Gasteiger partial charge in [-0.25, -0.2) is 16.8 Å². The number of nitrogens with zero attached hydrogens (tertiary/aromatic N) is 2. The van der Waals surface area contributed by atoms with Crippen molar-refractivity contribution in [2.75, 3.05) is 50.0 Å². The van der Waals surface area contributed by atoms with Crippen LogP contribution >= 0.6 is 0 Å². The average Bonchev–Trinajstić information content (AvgIpc) is 3.37. The van der Waals surface area contributed by atoms with Gasteiger partial charge in [0, 0.05) is 13.1 Å². The Morgan fingerprint density at radius 3 is 2.09 bits per heavy atom. The van der Waals surface area contributed by atoms with Crippen molar-refractivity contribution in [2.45, 2.75) is 24.7 Å². The highest BCUT2D eigenvalue weighted by molar-refractivity contribution is 7.92. The quantitative estimate of drug-likeness (QED) is 0.420. The summed E-state index contributed by atoms with van der Waals surface area (Å²) in [5.41, 5.74) is 0.353. The summed E-state index contributed by atoms with van der Waals surface area (Å²) in [5.74, 6) is 0.583. The molecule has 2 aromatic carbocycles. The van der Waals surface area contributed by atoms with Crippen molar-refractivity contribution in [3.8, 4) is 11.5 Å². The first-order valence-corrected chi connectivity index (χ1v) is 14.6. The fourth-order valence-corrected chi connectivity index (χ4v) is 5.98. The van der Waals surface area contributed by atoms with Gasteiger partial charge < -0.3 is 14.8 Å². The van der Waals surface area contributed by atoms with Crippen LogP contribution < -0.4 is 19.1 Å². The zero-order chi connectivity index (χ0) is 25.5. The van der Waals surface area contributed by atoms with Gasteiger partial charge in [-0.15, -0.1) is 0 Å². The van der Waals surface area contributed by atoms with E-state index >= 15 is 0 Å². The average molecular weight is 526 g/mol. The lowest BCUT2D eigenvalue weighted by Gasteiger charge is -2.22. The molecule has 0 atom stereocenters. The molecular formula is C23H31N3O7S2. The van der Waals surface area contributed by atoms with Crippen LogP contribution in [-0.4, -0.2) is 72.7 Å². The first-order valence-electron chi connectivity index (χ1n) is 11.3. The largest absolute Gasteiger partial charge is 0.494 e. The molecule has 1 N–H and O–H groups in total. The van der Waals surface area contributed by atoms with Gasteiger partial charge in [0.05, 0.1) is 30.0 Å². The van der Waals surface area contributed by atoms with E-state index in [-0.39, 0.29) is 24.6 Å². The molecular weight excluding hydrogens is 494 g/mol. The maximum absolute atomic E-state index is 12.6. The van der Waals surface area contributed by atoms with Crippen LogP contribution in [0.4, 0.5) is 5.69 Å². The number of benzene rings is 2. The number of hydrogen-bond donors (Lipinski definition) is 1. The minimum Gasteiger partial charge on any atom is -0.494 e. The van der Waals surface area contributed by atoms with Gasteiger partial charge >= 0.3 is 0 Å². The number of sulfonamides is 2. The lowest BCUT2D eigenvalue weighted by Crippen LogP contribution is -2.41. The predicted molar refractivity (Wildman–Crippen MR) is 133 cm³/mol. The third-order valence-corrected chi connectivity index (χ3v) is 8.40. The maximum Gasteiger partial charge on any atom is 0.243 e. The summed E-state index contributed by atoms with van der Waals surface area (Å²) in [6, 6.07) is 12.6. The topological polar surface area (TPSA) is 122 Å². The lowest BCUT2D eigenvalue weighted by molar-refractivity contribution is -0.119. The highest BCUT2D eigenvalue weighted by atomic mass is 32.2. The molecule has 0 saturated carbocycles. The second kappa shape index (κ2) is 11.7. The summed E-state index contributed by atoms with van der Waals surface area (Å²) in [7, 11) is -7.17. The molecule has 0 aliphatic carbocycles. The van der Waals surface area contributed by atoms with Gasteiger partial charge in [-0.3, -0.25) is 9.10 Å². The SMILES string of the molecule is CCOc1ccc(N(CC(=O)NCCOc2ccc(S(=O)(=O)N3CCCC3)cc2)S(C)(=O)=O)cc1. The van der Waals surface area contributed by atoms with Crippen molar-refractivity contribution in [1.82, 2.24) is 9.62 Å². The van der Waals surface area contributed by atoms with E-state index in [1.807, 2.05) is 6.92 Å². The molecule has 1 heterocycles. The molecule has 35 heavy (non-hydrogen) atoms. The minimum atomic E-state index is -3.69. The monoisotopic (exact) mass is 525 g/mol. The highest BCUT2D eigenvalue weighted by Crippen LogP contribution is 2.23. The third-order valence-electron chi connectivity index (χ3n) is 5.34. The van der Waals surface area contributed by atoms with Gasteiger partial charge in [-0.05, 0) is 68.3 Å². The van der Waals surface area contributed by atoms with Crippen LogP contribution in [-0.2, 0) is 24.8 Å². The molecule has 0 unspecified atom stereocenters. The number of rotatable bonds is 12. The first-order chi connectivity index (χ1) is 16.6. The number of ether oxygens (including phenoxy) is 2. The fourth-order valence-electron chi connectivity index (χ4n) is 3.61. The van der Waals surface area contributed by atoms with E-state index in [1.165, 1.54) is 16.4 Å². The van der Waals surface area contributed by atoms with Gasteiger partial charge in [0.15, 0.2) is 0 Å². The first kappa shape index (κ1) is 26.8. The summed E-state index contributed by atoms with van der Waals surface area (Å²) in [5, 5.41) is 2.63. The number of amides is 1. The Kier molecular flexibility index (Phi) is 8.98. The molecule has 192 valence electrons. The van der Waals surface area contributed by atoms with Gasteiger partial charge in [-0.1, -0.05) is 0 Å². The van der Waals surface area contributed by atoms with Gasteiger partial charge in [0.25, 0.3) is 0 Å². The summed E-state index contributed by atoms with van der Waals surface area (Å²) < 4.78 is 63.0. The number of carbonyl (C=O) groups is 1. The minimum absolute atomic E-state index is 0.131. The summed E-state index contributed by atoms with van der Waals surface area (Å²) in [6.07, 6.45) is 2.77. The molecule has 12 heteroatoms. The molecule has 0 radical (unpaired) electrons. The molecule has 10 nitrogen and oxygen atoms in total. The van der Waals surface area contributed by atoms with Crippen LogP contribution in [0.5, 0.6) is 11.5 Å². The van der Waals surface area contributed by atoms with Crippen molar-refractivity contribution in [3.05, 3.63) is 48.5 Å². The Bertz CT molecular complexity index is 1190. The number of anilines is 1. The highest BCUT2D eigenvalue weighted by Gasteiger charge is 2.27. The molecule has 0 spiro atoms. The molecule has 0 bridgehead atoms. The second-order valence-corrected chi connectivity index (χ2v) is 11.8. The molecule has 1 aliphatic rings. The predicted octanol–water partition coefficient (Wildman–Crippen LogP) is 1.83. The molecule has 1 saturated heterocycles. The molecule has 1 amide bonds. The normalized spacial score (nSPS) is 14.5. The standard InChI is InChI=1S/C23H31N3O7S2/c1-3-32-20-8-6-19(7-9-20)26(34(2,28)29)18-23(27)24-14-17-33-21-10-12-22(13-11-21)35(30,31)25-15-4-5-16-25/h6-13H,3-5,14-18H2,1-2H3,(H,24,27). The Labute approximate surface area is 206 Å². The van der Waals surface area contributed by atoms with Crippen LogP contribution in [0.15, 0.2) is 53.4 Å². The molecule has 2 aromatic rings. The molecule has 1 aliphatic heterocycles. The van der Waals surface area contributed by atoms with Crippen LogP contribution in [0.2, 0.25) is 0 Å². The third kappa shape index (κ3) is 7.33. The zero-order valence-corrected chi connectivity index (χ0v) is 21.5. The van der Waals surface area contributed by atoms with E-state index in [9.17, 15) is 21.6 Å². The molecule has 3 rings (SSSR count). The summed E-state index contributed by atoms with van der Waals surface area (Å²) >= 11 is 0. The Balaban J connectivity index is 1.49. The molecule has 0 aromatic heterocycles. The maximum atomic E-state index is 12.6. The zero-order valence-electron chi connectivity index (χ0n) is 19.8.